The lowest BCUT2D eigenvalue weighted by molar-refractivity contribution is 0.0475. The van der Waals surface area contributed by atoms with Crippen molar-refractivity contribution in [1.82, 2.24) is 14.3 Å². The third kappa shape index (κ3) is 5.11. The number of nitrogens with zero attached hydrogens (tertiary/aromatic N) is 1. The molecule has 1 aliphatic carbocycles. The van der Waals surface area contributed by atoms with E-state index in [4.69, 9.17) is 10.5 Å². The van der Waals surface area contributed by atoms with Crippen LogP contribution in [0.15, 0.2) is 25.9 Å². The highest BCUT2D eigenvalue weighted by Gasteiger charge is 2.32. The first-order valence-electron chi connectivity index (χ1n) is 9.44. The maximum absolute atomic E-state index is 12.5. The number of sulfonamides is 1. The van der Waals surface area contributed by atoms with Crippen LogP contribution >= 0.6 is 11.3 Å². The van der Waals surface area contributed by atoms with E-state index in [1.54, 1.807) is 0 Å². The summed E-state index contributed by atoms with van der Waals surface area (Å²) < 4.78 is 33.3. The van der Waals surface area contributed by atoms with E-state index in [-0.39, 0.29) is 34.1 Å². The normalized spacial score (nSPS) is 14.0. The minimum atomic E-state index is -3.89. The summed E-state index contributed by atoms with van der Waals surface area (Å²) in [6, 6.07) is 1.13. The molecule has 2 aromatic heterocycles. The second kappa shape index (κ2) is 8.77. The summed E-state index contributed by atoms with van der Waals surface area (Å²) in [6.07, 6.45) is 1.46. The van der Waals surface area contributed by atoms with Crippen molar-refractivity contribution in [1.29, 1.82) is 0 Å². The van der Waals surface area contributed by atoms with Gasteiger partial charge in [0.2, 0.25) is 15.8 Å². The zero-order valence-corrected chi connectivity index (χ0v) is 18.5. The first-order chi connectivity index (χ1) is 14.5. The average molecular weight is 471 g/mol. The Bertz CT molecular complexity index is 1240. The van der Waals surface area contributed by atoms with Crippen molar-refractivity contribution in [2.24, 2.45) is 5.92 Å². The molecule has 0 amide bonds. The first-order valence-corrected chi connectivity index (χ1v) is 11.8. The van der Waals surface area contributed by atoms with Crippen LogP contribution in [0.2, 0.25) is 0 Å². The molecule has 1 aliphatic rings. The summed E-state index contributed by atoms with van der Waals surface area (Å²) >= 11 is 0.854. The number of rotatable bonds is 9. The van der Waals surface area contributed by atoms with Crippen LogP contribution in [0.4, 0.5) is 5.82 Å². The lowest BCUT2D eigenvalue weighted by Crippen LogP contribution is -2.38. The Kier molecular flexibility index (Phi) is 6.48. The Morgan fingerprint density at radius 1 is 1.35 bits per heavy atom. The zero-order chi connectivity index (χ0) is 22.9. The highest BCUT2D eigenvalue weighted by molar-refractivity contribution is 7.89. The third-order valence-corrected chi connectivity index (χ3v) is 6.99. The van der Waals surface area contributed by atoms with Crippen LogP contribution < -0.4 is 21.7 Å². The molecule has 11 nitrogen and oxygen atoms in total. The summed E-state index contributed by atoms with van der Waals surface area (Å²) in [5.41, 5.74) is 3.63. The van der Waals surface area contributed by atoms with Gasteiger partial charge in [-0.3, -0.25) is 19.1 Å². The number of anilines is 1. The molecule has 0 aromatic carbocycles. The Hall–Kier alpha value is -2.77. The van der Waals surface area contributed by atoms with Crippen molar-refractivity contribution < 1.29 is 22.7 Å². The Balaban J connectivity index is 1.78. The number of nitrogens with two attached hydrogens (primary N) is 1. The van der Waals surface area contributed by atoms with Gasteiger partial charge in [-0.1, -0.05) is 13.8 Å². The summed E-state index contributed by atoms with van der Waals surface area (Å²) in [6.45, 7) is 2.97. The summed E-state index contributed by atoms with van der Waals surface area (Å²) in [4.78, 5) is 50.6. The molecule has 1 fully saturated rings. The van der Waals surface area contributed by atoms with Gasteiger partial charge in [0.1, 0.15) is 21.2 Å². The molecule has 0 radical (unpaired) electrons. The molecule has 0 unspecified atom stereocenters. The molecule has 0 saturated heterocycles. The van der Waals surface area contributed by atoms with Gasteiger partial charge >= 0.3 is 11.7 Å². The predicted octanol–water partition coefficient (Wildman–Crippen LogP) is 0.317. The number of H-pyrrole nitrogens is 1. The smallest absolute Gasteiger partial charge is 0.350 e. The number of hydrogen-bond donors (Lipinski definition) is 3. The molecule has 0 atom stereocenters. The van der Waals surface area contributed by atoms with E-state index >= 15 is 0 Å². The molecule has 0 spiro atoms. The van der Waals surface area contributed by atoms with E-state index in [1.165, 1.54) is 11.4 Å². The van der Waals surface area contributed by atoms with Gasteiger partial charge < -0.3 is 10.5 Å². The summed E-state index contributed by atoms with van der Waals surface area (Å²) in [5.74, 6) is -2.25. The Labute approximate surface area is 181 Å². The molecule has 13 heteroatoms. The minimum Gasteiger partial charge on any atom is -0.453 e. The van der Waals surface area contributed by atoms with Gasteiger partial charge in [-0.2, -0.15) is 0 Å². The van der Waals surface area contributed by atoms with Crippen LogP contribution in [0.25, 0.3) is 0 Å². The number of nitrogens with one attached hydrogen (secondary N) is 2. The predicted molar refractivity (Wildman–Crippen MR) is 113 cm³/mol. The molecular formula is C18H22N4O7S2. The highest BCUT2D eigenvalue weighted by atomic mass is 32.2. The lowest BCUT2D eigenvalue weighted by Gasteiger charge is -2.14. The van der Waals surface area contributed by atoms with E-state index in [0.29, 0.717) is 0 Å². The van der Waals surface area contributed by atoms with Gasteiger partial charge in [-0.05, 0) is 30.2 Å². The SMILES string of the molecule is CC(C)Cn1c(N)c(C(=O)COC(=O)c2sccc2S(=O)(=O)NC2CC2)c(=O)[nH]c1=O. The van der Waals surface area contributed by atoms with Gasteiger partial charge in [-0.15, -0.1) is 11.3 Å². The monoisotopic (exact) mass is 470 g/mol. The molecule has 3 rings (SSSR count). The number of ketones is 1. The number of aromatic nitrogens is 2. The van der Waals surface area contributed by atoms with Crippen molar-refractivity contribution >= 4 is 38.9 Å². The second-order valence-corrected chi connectivity index (χ2v) is 10.1. The van der Waals surface area contributed by atoms with Gasteiger partial charge in [0, 0.05) is 12.6 Å². The van der Waals surface area contributed by atoms with E-state index in [1.807, 2.05) is 18.8 Å². The second-order valence-electron chi connectivity index (χ2n) is 7.53. The van der Waals surface area contributed by atoms with E-state index in [2.05, 4.69) is 4.72 Å². The fraction of sp³-hybridized carbons (Fsp3) is 0.444. The number of nitrogen functional groups attached to an aromatic ring is 1. The van der Waals surface area contributed by atoms with Crippen molar-refractivity contribution in [2.45, 2.75) is 44.2 Å². The van der Waals surface area contributed by atoms with Gasteiger partial charge in [-0.25, -0.2) is 22.7 Å². The first kappa shape index (κ1) is 22.9. The Morgan fingerprint density at radius 3 is 2.65 bits per heavy atom. The number of ether oxygens (including phenoxy) is 1. The molecule has 0 bridgehead atoms. The molecular weight excluding hydrogens is 448 g/mol. The number of hydrogen-bond acceptors (Lipinski definition) is 9. The van der Waals surface area contributed by atoms with E-state index in [0.717, 1.165) is 28.7 Å². The van der Waals surface area contributed by atoms with Crippen LogP contribution in [0.1, 0.15) is 46.7 Å². The molecule has 0 aliphatic heterocycles. The van der Waals surface area contributed by atoms with Crippen molar-refractivity contribution in [3.05, 3.63) is 42.7 Å². The minimum absolute atomic E-state index is 0.00938. The quantitative estimate of drug-likeness (QED) is 0.347. The molecule has 2 heterocycles. The topological polar surface area (TPSA) is 170 Å². The third-order valence-electron chi connectivity index (χ3n) is 4.40. The van der Waals surface area contributed by atoms with Crippen LogP contribution in [0, 0.1) is 5.92 Å². The number of esters is 1. The molecule has 2 aromatic rings. The molecule has 168 valence electrons. The number of aromatic amines is 1. The fourth-order valence-corrected chi connectivity index (χ4v) is 5.43. The molecule has 4 N–H and O–H groups in total. The lowest BCUT2D eigenvalue weighted by atomic mass is 10.2. The average Bonchev–Trinajstić information content (AvgIpc) is 3.31. The summed E-state index contributed by atoms with van der Waals surface area (Å²) in [5, 5.41) is 1.42. The number of carbonyl (C=O) groups excluding carboxylic acids is 2. The standard InChI is InChI=1S/C18H22N4O7S2/c1-9(2)7-22-15(19)13(16(24)20-18(22)26)11(23)8-29-17(25)14-12(5-6-30-14)31(27,28)21-10-3-4-10/h5-6,9-10,21H,3-4,7-8,19H2,1-2H3,(H,20,24,26). The maximum Gasteiger partial charge on any atom is 0.350 e. The fourth-order valence-electron chi connectivity index (χ4n) is 2.81. The van der Waals surface area contributed by atoms with Crippen molar-refractivity contribution in [3.8, 4) is 0 Å². The van der Waals surface area contributed by atoms with Gasteiger partial charge in [0.15, 0.2) is 6.61 Å². The van der Waals surface area contributed by atoms with Crippen molar-refractivity contribution in [2.75, 3.05) is 12.3 Å². The van der Waals surface area contributed by atoms with Crippen LogP contribution in [-0.2, 0) is 21.3 Å². The zero-order valence-electron chi connectivity index (χ0n) is 16.8. The van der Waals surface area contributed by atoms with Crippen LogP contribution in [-0.4, -0.2) is 42.4 Å². The van der Waals surface area contributed by atoms with E-state index in [9.17, 15) is 27.6 Å². The summed E-state index contributed by atoms with van der Waals surface area (Å²) in [7, 11) is -3.89. The molecule has 1 saturated carbocycles. The maximum atomic E-state index is 12.5. The number of Topliss-reactive ketones (excluding diaryl/α,β-unsaturated/α-hetero) is 1. The van der Waals surface area contributed by atoms with Crippen LogP contribution in [0.3, 0.4) is 0 Å². The highest BCUT2D eigenvalue weighted by Crippen LogP contribution is 2.27. The van der Waals surface area contributed by atoms with Gasteiger partial charge in [0.05, 0.1) is 0 Å². The van der Waals surface area contributed by atoms with E-state index < -0.39 is 45.2 Å². The number of carbonyl (C=O) groups is 2. The van der Waals surface area contributed by atoms with Crippen LogP contribution in [0.5, 0.6) is 0 Å². The van der Waals surface area contributed by atoms with Gasteiger partial charge in [0.25, 0.3) is 5.56 Å². The molecule has 31 heavy (non-hydrogen) atoms. The Morgan fingerprint density at radius 2 is 2.03 bits per heavy atom. The number of thiophene rings is 1. The largest absolute Gasteiger partial charge is 0.453 e. The van der Waals surface area contributed by atoms with Crippen molar-refractivity contribution in [3.63, 3.8) is 0 Å².